The van der Waals surface area contributed by atoms with Gasteiger partial charge in [0.05, 0.1) is 18.1 Å². The fourth-order valence-corrected chi connectivity index (χ4v) is 2.63. The number of aryl methyl sites for hydroxylation is 1. The number of imidazole rings is 1. The Labute approximate surface area is 91.1 Å². The molecule has 2 N–H and O–H groups in total. The SMILES string of the molecule is CN1CCCC(CN)C1c1cncn1C. The lowest BCUT2D eigenvalue weighted by Crippen LogP contribution is -2.40. The highest BCUT2D eigenvalue weighted by Gasteiger charge is 2.31. The Morgan fingerprint density at radius 3 is 2.93 bits per heavy atom. The summed E-state index contributed by atoms with van der Waals surface area (Å²) in [5, 5.41) is 0. The standard InChI is InChI=1S/C11H20N4/c1-14-5-3-4-9(6-12)11(14)10-7-13-8-15(10)2/h7-9,11H,3-6,12H2,1-2H3. The first-order chi connectivity index (χ1) is 7.24. The predicted octanol–water partition coefficient (Wildman–Crippen LogP) is 0.762. The van der Waals surface area contributed by atoms with Gasteiger partial charge in [0.15, 0.2) is 0 Å². The summed E-state index contributed by atoms with van der Waals surface area (Å²) in [6, 6.07) is 0.441. The first-order valence-electron chi connectivity index (χ1n) is 5.60. The molecule has 1 saturated heterocycles. The molecule has 0 spiro atoms. The molecule has 1 aromatic rings. The molecule has 4 heteroatoms. The molecular formula is C11H20N4. The Bertz CT molecular complexity index is 320. The zero-order valence-corrected chi connectivity index (χ0v) is 9.56. The van der Waals surface area contributed by atoms with Crippen molar-refractivity contribution in [2.45, 2.75) is 18.9 Å². The molecule has 0 radical (unpaired) electrons. The molecule has 1 fully saturated rings. The third-order valence-corrected chi connectivity index (χ3v) is 3.47. The second kappa shape index (κ2) is 4.33. The summed E-state index contributed by atoms with van der Waals surface area (Å²) in [6.07, 6.45) is 6.32. The number of hydrogen-bond acceptors (Lipinski definition) is 3. The highest BCUT2D eigenvalue weighted by Crippen LogP contribution is 2.33. The van der Waals surface area contributed by atoms with Gasteiger partial charge in [0, 0.05) is 13.2 Å². The first-order valence-corrected chi connectivity index (χ1v) is 5.60. The average Bonchev–Trinajstić information content (AvgIpc) is 2.64. The number of likely N-dealkylation sites (tertiary alicyclic amines) is 1. The number of aromatic nitrogens is 2. The van der Waals surface area contributed by atoms with Gasteiger partial charge in [-0.2, -0.15) is 0 Å². The fourth-order valence-electron chi connectivity index (χ4n) is 2.63. The molecule has 2 unspecified atom stereocenters. The molecule has 0 saturated carbocycles. The molecule has 2 heterocycles. The van der Waals surface area contributed by atoms with E-state index in [1.54, 1.807) is 0 Å². The smallest absolute Gasteiger partial charge is 0.0946 e. The minimum Gasteiger partial charge on any atom is -0.336 e. The Morgan fingerprint density at radius 1 is 1.53 bits per heavy atom. The van der Waals surface area contributed by atoms with E-state index in [9.17, 15) is 0 Å². The molecule has 84 valence electrons. The van der Waals surface area contributed by atoms with Crippen LogP contribution in [0.2, 0.25) is 0 Å². The summed E-state index contributed by atoms with van der Waals surface area (Å²) in [6.45, 7) is 1.92. The van der Waals surface area contributed by atoms with Crippen LogP contribution in [0.3, 0.4) is 0 Å². The monoisotopic (exact) mass is 208 g/mol. The van der Waals surface area contributed by atoms with Crippen molar-refractivity contribution >= 4 is 0 Å². The van der Waals surface area contributed by atoms with Crippen LogP contribution in [0, 0.1) is 5.92 Å². The van der Waals surface area contributed by atoms with Crippen molar-refractivity contribution in [1.82, 2.24) is 14.5 Å². The maximum Gasteiger partial charge on any atom is 0.0946 e. The van der Waals surface area contributed by atoms with Gasteiger partial charge in [-0.15, -0.1) is 0 Å². The van der Waals surface area contributed by atoms with Gasteiger partial charge < -0.3 is 10.3 Å². The van der Waals surface area contributed by atoms with E-state index in [-0.39, 0.29) is 0 Å². The molecule has 15 heavy (non-hydrogen) atoms. The van der Waals surface area contributed by atoms with Crippen LogP contribution in [0.1, 0.15) is 24.6 Å². The minimum absolute atomic E-state index is 0.441. The van der Waals surface area contributed by atoms with Crippen LogP contribution in [-0.2, 0) is 7.05 Å². The quantitative estimate of drug-likeness (QED) is 0.780. The molecule has 0 bridgehead atoms. The highest BCUT2D eigenvalue weighted by atomic mass is 15.2. The Balaban J connectivity index is 2.27. The van der Waals surface area contributed by atoms with Crippen molar-refractivity contribution in [1.29, 1.82) is 0 Å². The molecule has 0 aliphatic carbocycles. The van der Waals surface area contributed by atoms with Crippen molar-refractivity contribution in [3.8, 4) is 0 Å². The number of nitrogens with two attached hydrogens (primary N) is 1. The first kappa shape index (κ1) is 10.6. The molecule has 4 nitrogen and oxygen atoms in total. The summed E-state index contributed by atoms with van der Waals surface area (Å²) in [4.78, 5) is 6.60. The van der Waals surface area contributed by atoms with Gasteiger partial charge in [0.25, 0.3) is 0 Å². The van der Waals surface area contributed by atoms with Crippen LogP contribution in [0.4, 0.5) is 0 Å². The Hall–Kier alpha value is -0.870. The van der Waals surface area contributed by atoms with Crippen molar-refractivity contribution in [2.75, 3.05) is 20.1 Å². The number of hydrogen-bond donors (Lipinski definition) is 1. The number of nitrogens with zero attached hydrogens (tertiary/aromatic N) is 3. The van der Waals surface area contributed by atoms with Crippen molar-refractivity contribution in [3.05, 3.63) is 18.2 Å². The fraction of sp³-hybridized carbons (Fsp3) is 0.727. The van der Waals surface area contributed by atoms with Crippen LogP contribution in [0.5, 0.6) is 0 Å². The second-order valence-electron chi connectivity index (χ2n) is 4.49. The average molecular weight is 208 g/mol. The largest absolute Gasteiger partial charge is 0.336 e. The Kier molecular flexibility index (Phi) is 3.07. The molecule has 1 aliphatic heterocycles. The third-order valence-electron chi connectivity index (χ3n) is 3.47. The van der Waals surface area contributed by atoms with Gasteiger partial charge >= 0.3 is 0 Å². The van der Waals surface area contributed by atoms with E-state index >= 15 is 0 Å². The summed E-state index contributed by atoms with van der Waals surface area (Å²) < 4.78 is 2.11. The van der Waals surface area contributed by atoms with Crippen LogP contribution >= 0.6 is 0 Å². The Morgan fingerprint density at radius 2 is 2.33 bits per heavy atom. The van der Waals surface area contributed by atoms with Crippen molar-refractivity contribution in [3.63, 3.8) is 0 Å². The maximum atomic E-state index is 5.86. The van der Waals surface area contributed by atoms with Gasteiger partial charge in [-0.05, 0) is 38.9 Å². The molecule has 0 amide bonds. The lowest BCUT2D eigenvalue weighted by Gasteiger charge is -2.38. The summed E-state index contributed by atoms with van der Waals surface area (Å²) in [5.41, 5.74) is 7.14. The van der Waals surface area contributed by atoms with E-state index in [1.165, 1.54) is 18.5 Å². The van der Waals surface area contributed by atoms with Gasteiger partial charge in [0.2, 0.25) is 0 Å². The van der Waals surface area contributed by atoms with Crippen LogP contribution in [0.25, 0.3) is 0 Å². The molecular weight excluding hydrogens is 188 g/mol. The van der Waals surface area contributed by atoms with Crippen molar-refractivity contribution in [2.24, 2.45) is 18.7 Å². The highest BCUT2D eigenvalue weighted by molar-refractivity contribution is 5.08. The van der Waals surface area contributed by atoms with Gasteiger partial charge in [-0.1, -0.05) is 0 Å². The van der Waals surface area contributed by atoms with E-state index in [4.69, 9.17) is 5.73 Å². The molecule has 1 aromatic heterocycles. The summed E-state index contributed by atoms with van der Waals surface area (Å²) in [7, 11) is 4.23. The third kappa shape index (κ3) is 1.92. The van der Waals surface area contributed by atoms with Gasteiger partial charge in [0.1, 0.15) is 0 Å². The van der Waals surface area contributed by atoms with E-state index in [1.807, 2.05) is 12.5 Å². The zero-order chi connectivity index (χ0) is 10.8. The molecule has 1 aliphatic rings. The van der Waals surface area contributed by atoms with E-state index in [2.05, 4.69) is 28.5 Å². The summed E-state index contributed by atoms with van der Waals surface area (Å²) >= 11 is 0. The zero-order valence-electron chi connectivity index (χ0n) is 9.56. The maximum absolute atomic E-state index is 5.86. The number of piperidine rings is 1. The summed E-state index contributed by atoms with van der Waals surface area (Å²) in [5.74, 6) is 0.569. The predicted molar refractivity (Wildman–Crippen MR) is 60.4 cm³/mol. The second-order valence-corrected chi connectivity index (χ2v) is 4.49. The minimum atomic E-state index is 0.441. The molecule has 0 aromatic carbocycles. The van der Waals surface area contributed by atoms with Crippen molar-refractivity contribution < 1.29 is 0 Å². The molecule has 2 rings (SSSR count). The van der Waals surface area contributed by atoms with Crippen LogP contribution in [-0.4, -0.2) is 34.6 Å². The van der Waals surface area contributed by atoms with E-state index in [0.29, 0.717) is 12.0 Å². The van der Waals surface area contributed by atoms with Crippen LogP contribution in [0.15, 0.2) is 12.5 Å². The van der Waals surface area contributed by atoms with Gasteiger partial charge in [-0.25, -0.2) is 4.98 Å². The van der Waals surface area contributed by atoms with E-state index < -0.39 is 0 Å². The topological polar surface area (TPSA) is 47.1 Å². The number of rotatable bonds is 2. The lowest BCUT2D eigenvalue weighted by atomic mass is 9.87. The van der Waals surface area contributed by atoms with Crippen LogP contribution < -0.4 is 5.73 Å². The lowest BCUT2D eigenvalue weighted by molar-refractivity contribution is 0.119. The van der Waals surface area contributed by atoms with E-state index in [0.717, 1.165) is 13.1 Å². The normalized spacial score (nSPS) is 28.2. The van der Waals surface area contributed by atoms with Gasteiger partial charge in [-0.3, -0.25) is 4.90 Å². The molecule has 2 atom stereocenters.